The molecule has 1 heterocycles. The minimum Gasteiger partial charge on any atom is -0.310 e. The summed E-state index contributed by atoms with van der Waals surface area (Å²) in [5.74, 6) is -0.125. The van der Waals surface area contributed by atoms with E-state index in [2.05, 4.69) is 12.2 Å². The molecule has 0 unspecified atom stereocenters. The highest BCUT2D eigenvalue weighted by Crippen LogP contribution is 2.26. The molecule has 1 fully saturated rings. The molecule has 0 spiro atoms. The van der Waals surface area contributed by atoms with E-state index in [9.17, 15) is 4.39 Å². The van der Waals surface area contributed by atoms with Crippen molar-refractivity contribution in [3.63, 3.8) is 0 Å². The summed E-state index contributed by atoms with van der Waals surface area (Å²) in [5.41, 5.74) is 2.41. The lowest BCUT2D eigenvalue weighted by atomic mass is 9.92. The Morgan fingerprint density at radius 1 is 1.54 bits per heavy atom. The number of benzene rings is 1. The molecule has 1 atom stereocenters. The second kappa shape index (κ2) is 3.46. The summed E-state index contributed by atoms with van der Waals surface area (Å²) in [6.07, 6.45) is 2.09. The largest absolute Gasteiger partial charge is 0.310 e. The lowest BCUT2D eigenvalue weighted by Crippen LogP contribution is -2.35. The van der Waals surface area contributed by atoms with Gasteiger partial charge in [-0.25, -0.2) is 4.39 Å². The van der Waals surface area contributed by atoms with E-state index < -0.39 is 0 Å². The predicted molar refractivity (Wildman–Crippen MR) is 51.1 cm³/mol. The molecule has 1 aromatic carbocycles. The van der Waals surface area contributed by atoms with Crippen molar-refractivity contribution in [2.24, 2.45) is 0 Å². The first-order chi connectivity index (χ1) is 6.31. The monoisotopic (exact) mass is 179 g/mol. The van der Waals surface area contributed by atoms with Gasteiger partial charge in [-0.3, -0.25) is 0 Å². The maximum atomic E-state index is 12.9. The van der Waals surface area contributed by atoms with E-state index in [0.29, 0.717) is 6.04 Å². The summed E-state index contributed by atoms with van der Waals surface area (Å²) in [5, 5.41) is 3.33. The summed E-state index contributed by atoms with van der Waals surface area (Å²) in [6.45, 7) is 3.15. The summed E-state index contributed by atoms with van der Waals surface area (Å²) < 4.78 is 12.9. The topological polar surface area (TPSA) is 12.0 Å². The van der Waals surface area contributed by atoms with Gasteiger partial charge in [0.15, 0.2) is 0 Å². The molecule has 0 bridgehead atoms. The molecule has 0 amide bonds. The molecule has 0 saturated carbocycles. The number of aryl methyl sites for hydroxylation is 1. The quantitative estimate of drug-likeness (QED) is 0.735. The molecule has 0 radical (unpaired) electrons. The van der Waals surface area contributed by atoms with Crippen LogP contribution in [0.3, 0.4) is 0 Å². The minimum absolute atomic E-state index is 0.125. The predicted octanol–water partition coefficient (Wildman–Crippen LogP) is 2.42. The molecule has 0 aliphatic carbocycles. The standard InChI is InChI=1S/C11H14FN/c1-2-8-7-9(12)3-4-10(8)11-5-6-13-11/h3-4,7,11,13H,2,5-6H2,1H3/t11-/m1/s1. The summed E-state index contributed by atoms with van der Waals surface area (Å²) in [6, 6.07) is 5.57. The van der Waals surface area contributed by atoms with Gasteiger partial charge < -0.3 is 5.32 Å². The molecule has 1 aliphatic rings. The molecule has 1 N–H and O–H groups in total. The van der Waals surface area contributed by atoms with Crippen LogP contribution < -0.4 is 5.32 Å². The van der Waals surface area contributed by atoms with Crippen LogP contribution in [0.1, 0.15) is 30.5 Å². The number of nitrogens with one attached hydrogen (secondary N) is 1. The highest BCUT2D eigenvalue weighted by molar-refractivity contribution is 5.31. The second-order valence-corrected chi connectivity index (χ2v) is 3.49. The van der Waals surface area contributed by atoms with Gasteiger partial charge in [0, 0.05) is 6.04 Å². The summed E-state index contributed by atoms with van der Waals surface area (Å²) in [7, 11) is 0. The van der Waals surface area contributed by atoms with Crippen molar-refractivity contribution >= 4 is 0 Å². The smallest absolute Gasteiger partial charge is 0.123 e. The Balaban J connectivity index is 2.32. The van der Waals surface area contributed by atoms with E-state index in [1.54, 1.807) is 12.1 Å². The molecule has 1 aromatic rings. The molecule has 1 nitrogen and oxygen atoms in total. The van der Waals surface area contributed by atoms with Crippen LogP contribution in [-0.2, 0) is 6.42 Å². The average molecular weight is 179 g/mol. The van der Waals surface area contributed by atoms with Crippen LogP contribution in [0.4, 0.5) is 4.39 Å². The van der Waals surface area contributed by atoms with Gasteiger partial charge in [-0.15, -0.1) is 0 Å². The van der Waals surface area contributed by atoms with E-state index in [1.807, 2.05) is 6.07 Å². The fraction of sp³-hybridized carbons (Fsp3) is 0.455. The van der Waals surface area contributed by atoms with Crippen molar-refractivity contribution in [2.45, 2.75) is 25.8 Å². The first kappa shape index (κ1) is 8.70. The number of hydrogen-bond donors (Lipinski definition) is 1. The molecular formula is C11H14FN. The first-order valence-electron chi connectivity index (χ1n) is 4.83. The highest BCUT2D eigenvalue weighted by Gasteiger charge is 2.20. The van der Waals surface area contributed by atoms with Crippen LogP contribution in [0, 0.1) is 5.82 Å². The number of rotatable bonds is 2. The highest BCUT2D eigenvalue weighted by atomic mass is 19.1. The Bertz CT molecular complexity index is 305. The van der Waals surface area contributed by atoms with Gasteiger partial charge >= 0.3 is 0 Å². The zero-order chi connectivity index (χ0) is 9.26. The van der Waals surface area contributed by atoms with Crippen LogP contribution >= 0.6 is 0 Å². The van der Waals surface area contributed by atoms with Crippen molar-refractivity contribution < 1.29 is 4.39 Å². The molecule has 2 rings (SSSR count). The van der Waals surface area contributed by atoms with Crippen molar-refractivity contribution in [3.05, 3.63) is 35.1 Å². The Morgan fingerprint density at radius 2 is 2.31 bits per heavy atom. The molecule has 2 heteroatoms. The van der Waals surface area contributed by atoms with E-state index in [0.717, 1.165) is 18.5 Å². The summed E-state index contributed by atoms with van der Waals surface area (Å²) >= 11 is 0. The molecule has 1 aliphatic heterocycles. The van der Waals surface area contributed by atoms with Crippen molar-refractivity contribution in [1.29, 1.82) is 0 Å². The number of halogens is 1. The van der Waals surface area contributed by atoms with Crippen LogP contribution in [0.15, 0.2) is 18.2 Å². The average Bonchev–Trinajstić information content (AvgIpc) is 2.05. The van der Waals surface area contributed by atoms with E-state index in [-0.39, 0.29) is 5.82 Å². The van der Waals surface area contributed by atoms with Gasteiger partial charge in [-0.1, -0.05) is 13.0 Å². The Labute approximate surface area is 78.0 Å². The van der Waals surface area contributed by atoms with E-state index >= 15 is 0 Å². The van der Waals surface area contributed by atoms with Gasteiger partial charge in [-0.05, 0) is 42.6 Å². The molecule has 13 heavy (non-hydrogen) atoms. The fourth-order valence-electron chi connectivity index (χ4n) is 1.77. The fourth-order valence-corrected chi connectivity index (χ4v) is 1.77. The van der Waals surface area contributed by atoms with Gasteiger partial charge in [-0.2, -0.15) is 0 Å². The SMILES string of the molecule is CCc1cc(F)ccc1[C@H]1CCN1. The van der Waals surface area contributed by atoms with Gasteiger partial charge in [0.25, 0.3) is 0 Å². The van der Waals surface area contributed by atoms with E-state index in [1.165, 1.54) is 12.0 Å². The second-order valence-electron chi connectivity index (χ2n) is 3.49. The third-order valence-electron chi connectivity index (χ3n) is 2.69. The molecule has 0 aromatic heterocycles. The van der Waals surface area contributed by atoms with E-state index in [4.69, 9.17) is 0 Å². The Morgan fingerprint density at radius 3 is 2.85 bits per heavy atom. The lowest BCUT2D eigenvalue weighted by molar-refractivity contribution is 0.380. The van der Waals surface area contributed by atoms with Crippen molar-refractivity contribution in [1.82, 2.24) is 5.32 Å². The lowest BCUT2D eigenvalue weighted by Gasteiger charge is -2.29. The third-order valence-corrected chi connectivity index (χ3v) is 2.69. The van der Waals surface area contributed by atoms with Gasteiger partial charge in [0.2, 0.25) is 0 Å². The summed E-state index contributed by atoms with van der Waals surface area (Å²) in [4.78, 5) is 0. The third kappa shape index (κ3) is 1.59. The Kier molecular flexibility index (Phi) is 2.32. The van der Waals surface area contributed by atoms with Gasteiger partial charge in [0.05, 0.1) is 0 Å². The molecule has 70 valence electrons. The zero-order valence-corrected chi connectivity index (χ0v) is 7.81. The van der Waals surface area contributed by atoms with Crippen LogP contribution in [-0.4, -0.2) is 6.54 Å². The van der Waals surface area contributed by atoms with Crippen LogP contribution in [0.5, 0.6) is 0 Å². The normalized spacial score (nSPS) is 21.2. The van der Waals surface area contributed by atoms with Crippen LogP contribution in [0.2, 0.25) is 0 Å². The maximum absolute atomic E-state index is 12.9. The number of hydrogen-bond acceptors (Lipinski definition) is 1. The maximum Gasteiger partial charge on any atom is 0.123 e. The zero-order valence-electron chi connectivity index (χ0n) is 7.81. The first-order valence-corrected chi connectivity index (χ1v) is 4.83. The van der Waals surface area contributed by atoms with Crippen molar-refractivity contribution in [2.75, 3.05) is 6.54 Å². The Hall–Kier alpha value is -0.890. The molecular weight excluding hydrogens is 165 g/mol. The molecule has 1 saturated heterocycles. The van der Waals surface area contributed by atoms with Gasteiger partial charge in [0.1, 0.15) is 5.82 Å². The van der Waals surface area contributed by atoms with Crippen molar-refractivity contribution in [3.8, 4) is 0 Å². The van der Waals surface area contributed by atoms with Crippen LogP contribution in [0.25, 0.3) is 0 Å². The minimum atomic E-state index is -0.125.